The van der Waals surface area contributed by atoms with Crippen molar-refractivity contribution in [1.29, 1.82) is 0 Å². The summed E-state index contributed by atoms with van der Waals surface area (Å²) in [6.45, 7) is 0. The van der Waals surface area contributed by atoms with E-state index in [1.165, 1.54) is 36.4 Å². The van der Waals surface area contributed by atoms with Crippen LogP contribution in [0.3, 0.4) is 0 Å². The molecule has 0 spiro atoms. The van der Waals surface area contributed by atoms with Crippen molar-refractivity contribution in [2.45, 2.75) is 38.1 Å². The summed E-state index contributed by atoms with van der Waals surface area (Å²) >= 11 is 0. The van der Waals surface area contributed by atoms with Gasteiger partial charge in [-0.15, -0.1) is 0 Å². The van der Waals surface area contributed by atoms with Crippen LogP contribution in [0, 0.1) is 17.5 Å². The second-order valence-electron chi connectivity index (χ2n) is 8.04. The molecule has 0 atom stereocenters. The van der Waals surface area contributed by atoms with Crippen LogP contribution in [-0.2, 0) is 0 Å². The number of nitrogens with one attached hydrogen (secondary N) is 1. The number of esters is 1. The minimum atomic E-state index is -0.773. The molecule has 0 aromatic heterocycles. The number of benzene rings is 3. The molecule has 170 valence electrons. The van der Waals surface area contributed by atoms with Gasteiger partial charge >= 0.3 is 5.97 Å². The number of carbonyl (C=O) groups excluding carboxylic acids is 2. The Morgan fingerprint density at radius 1 is 0.818 bits per heavy atom. The van der Waals surface area contributed by atoms with Crippen molar-refractivity contribution in [3.8, 4) is 16.9 Å². The van der Waals surface area contributed by atoms with E-state index < -0.39 is 29.3 Å². The first-order valence-corrected chi connectivity index (χ1v) is 10.8. The van der Waals surface area contributed by atoms with E-state index in [1.54, 1.807) is 0 Å². The third-order valence-electron chi connectivity index (χ3n) is 5.69. The predicted molar refractivity (Wildman–Crippen MR) is 117 cm³/mol. The van der Waals surface area contributed by atoms with E-state index in [0.717, 1.165) is 56.4 Å². The van der Waals surface area contributed by atoms with E-state index in [4.69, 9.17) is 4.74 Å². The van der Waals surface area contributed by atoms with E-state index in [0.29, 0.717) is 5.56 Å². The van der Waals surface area contributed by atoms with Gasteiger partial charge in [-0.2, -0.15) is 0 Å². The Morgan fingerprint density at radius 2 is 1.52 bits per heavy atom. The average molecular weight is 453 g/mol. The van der Waals surface area contributed by atoms with Crippen LogP contribution >= 0.6 is 0 Å². The molecule has 0 unspecified atom stereocenters. The summed E-state index contributed by atoms with van der Waals surface area (Å²) in [4.78, 5) is 25.7. The van der Waals surface area contributed by atoms with Gasteiger partial charge < -0.3 is 10.1 Å². The first-order chi connectivity index (χ1) is 15.9. The largest absolute Gasteiger partial charge is 0.422 e. The molecule has 1 fully saturated rings. The topological polar surface area (TPSA) is 55.4 Å². The first-order valence-electron chi connectivity index (χ1n) is 10.8. The maximum Gasteiger partial charge on any atom is 0.343 e. The van der Waals surface area contributed by atoms with Crippen LogP contribution in [0.1, 0.15) is 52.8 Å². The van der Waals surface area contributed by atoms with Crippen molar-refractivity contribution in [3.05, 3.63) is 89.2 Å². The van der Waals surface area contributed by atoms with Gasteiger partial charge in [-0.1, -0.05) is 25.3 Å². The van der Waals surface area contributed by atoms with Crippen LogP contribution in [0.15, 0.2) is 60.7 Å². The summed E-state index contributed by atoms with van der Waals surface area (Å²) in [6, 6.07) is 12.3. The van der Waals surface area contributed by atoms with Crippen LogP contribution in [0.25, 0.3) is 11.1 Å². The lowest BCUT2D eigenvalue weighted by atomic mass is 9.95. The molecular weight excluding hydrogens is 431 g/mol. The summed E-state index contributed by atoms with van der Waals surface area (Å²) in [5, 5.41) is 2.96. The van der Waals surface area contributed by atoms with Gasteiger partial charge in [-0.25, -0.2) is 18.0 Å². The van der Waals surface area contributed by atoms with Crippen LogP contribution in [0.5, 0.6) is 5.75 Å². The molecule has 0 bridgehead atoms. The second-order valence-corrected chi connectivity index (χ2v) is 8.04. The minimum Gasteiger partial charge on any atom is -0.422 e. The van der Waals surface area contributed by atoms with Gasteiger partial charge in [0.15, 0.2) is 0 Å². The van der Waals surface area contributed by atoms with Crippen molar-refractivity contribution in [1.82, 2.24) is 5.32 Å². The SMILES string of the molecule is O=C(Oc1ccc(-c2ccc(F)cc2F)cc1C(=O)NC1CCCCC1)c1ccc(F)cc1. The lowest BCUT2D eigenvalue weighted by Gasteiger charge is -2.23. The molecule has 0 heterocycles. The van der Waals surface area contributed by atoms with Gasteiger partial charge in [-0.3, -0.25) is 4.79 Å². The summed E-state index contributed by atoms with van der Waals surface area (Å²) in [5.41, 5.74) is 0.614. The van der Waals surface area contributed by atoms with Crippen molar-refractivity contribution in [2.24, 2.45) is 0 Å². The lowest BCUT2D eigenvalue weighted by Crippen LogP contribution is -2.36. The highest BCUT2D eigenvalue weighted by Gasteiger charge is 2.22. The standard InChI is InChI=1S/C26H22F3NO3/c27-18-9-6-16(7-10-18)26(32)33-24-13-8-17(21-12-11-19(28)15-23(21)29)14-22(24)25(31)30-20-4-2-1-3-5-20/h6-15,20H,1-5H2,(H,30,31). The molecule has 0 aliphatic heterocycles. The van der Waals surface area contributed by atoms with Crippen molar-refractivity contribution in [2.75, 3.05) is 0 Å². The lowest BCUT2D eigenvalue weighted by molar-refractivity contribution is 0.0731. The number of carbonyl (C=O) groups is 2. The molecule has 0 saturated heterocycles. The van der Waals surface area contributed by atoms with E-state index >= 15 is 0 Å². The fourth-order valence-corrected chi connectivity index (χ4v) is 3.94. The first kappa shape index (κ1) is 22.6. The number of halogens is 3. The predicted octanol–water partition coefficient (Wildman–Crippen LogP) is 6.05. The quantitative estimate of drug-likeness (QED) is 0.378. The molecule has 3 aromatic carbocycles. The van der Waals surface area contributed by atoms with Gasteiger partial charge in [0, 0.05) is 17.7 Å². The molecule has 1 saturated carbocycles. The van der Waals surface area contributed by atoms with E-state index in [2.05, 4.69) is 5.32 Å². The van der Waals surface area contributed by atoms with Gasteiger partial charge in [-0.05, 0) is 66.9 Å². The molecule has 33 heavy (non-hydrogen) atoms. The van der Waals surface area contributed by atoms with Crippen LogP contribution in [-0.4, -0.2) is 17.9 Å². The molecule has 4 rings (SSSR count). The fraction of sp³-hybridized carbons (Fsp3) is 0.231. The Bertz CT molecular complexity index is 1170. The molecule has 1 amide bonds. The second kappa shape index (κ2) is 9.90. The van der Waals surface area contributed by atoms with Crippen LogP contribution in [0.4, 0.5) is 13.2 Å². The highest BCUT2D eigenvalue weighted by molar-refractivity contribution is 6.00. The molecule has 1 aliphatic rings. The van der Waals surface area contributed by atoms with Gasteiger partial charge in [0.25, 0.3) is 5.91 Å². The third kappa shape index (κ3) is 5.42. The fourth-order valence-electron chi connectivity index (χ4n) is 3.94. The maximum absolute atomic E-state index is 14.3. The molecule has 1 N–H and O–H groups in total. The Balaban J connectivity index is 1.67. The number of amides is 1. The van der Waals surface area contributed by atoms with Gasteiger partial charge in [0.1, 0.15) is 23.2 Å². The number of hydrogen-bond acceptors (Lipinski definition) is 3. The Morgan fingerprint density at radius 3 is 2.21 bits per heavy atom. The summed E-state index contributed by atoms with van der Waals surface area (Å²) < 4.78 is 46.3. The van der Waals surface area contributed by atoms with Gasteiger partial charge in [0.2, 0.25) is 0 Å². The van der Waals surface area contributed by atoms with E-state index in [1.807, 2.05) is 0 Å². The summed E-state index contributed by atoms with van der Waals surface area (Å²) in [6.07, 6.45) is 4.84. The van der Waals surface area contributed by atoms with Crippen molar-refractivity contribution >= 4 is 11.9 Å². The Hall–Kier alpha value is -3.61. The molecular formula is C26H22F3NO3. The molecule has 4 nitrogen and oxygen atoms in total. The Labute approximate surface area is 189 Å². The summed E-state index contributed by atoms with van der Waals surface area (Å²) in [5.74, 6) is -3.20. The molecule has 0 radical (unpaired) electrons. The zero-order chi connectivity index (χ0) is 23.4. The van der Waals surface area contributed by atoms with Crippen molar-refractivity contribution in [3.63, 3.8) is 0 Å². The van der Waals surface area contributed by atoms with Crippen LogP contribution in [0.2, 0.25) is 0 Å². The van der Waals surface area contributed by atoms with Crippen LogP contribution < -0.4 is 10.1 Å². The maximum atomic E-state index is 14.3. The number of rotatable bonds is 5. The zero-order valence-corrected chi connectivity index (χ0v) is 17.7. The molecule has 7 heteroatoms. The summed E-state index contributed by atoms with van der Waals surface area (Å²) in [7, 11) is 0. The zero-order valence-electron chi connectivity index (χ0n) is 17.7. The monoisotopic (exact) mass is 453 g/mol. The molecule has 1 aliphatic carbocycles. The van der Waals surface area contributed by atoms with E-state index in [-0.39, 0.29) is 28.5 Å². The highest BCUT2D eigenvalue weighted by Crippen LogP contribution is 2.30. The number of ether oxygens (including phenoxy) is 1. The molecule has 3 aromatic rings. The number of hydrogen-bond donors (Lipinski definition) is 1. The average Bonchev–Trinajstić information content (AvgIpc) is 2.80. The minimum absolute atomic E-state index is 0.00175. The van der Waals surface area contributed by atoms with Crippen molar-refractivity contribution < 1.29 is 27.5 Å². The smallest absolute Gasteiger partial charge is 0.343 e. The normalized spacial score (nSPS) is 14.0. The third-order valence-corrected chi connectivity index (χ3v) is 5.69. The highest BCUT2D eigenvalue weighted by atomic mass is 19.1. The van der Waals surface area contributed by atoms with Gasteiger partial charge in [0.05, 0.1) is 11.1 Å². The Kier molecular flexibility index (Phi) is 6.77. The van der Waals surface area contributed by atoms with E-state index in [9.17, 15) is 22.8 Å².